The molecule has 0 fully saturated rings. The van der Waals surface area contributed by atoms with E-state index >= 15 is 0 Å². The van der Waals surface area contributed by atoms with Gasteiger partial charge < -0.3 is 0 Å². The van der Waals surface area contributed by atoms with Crippen LogP contribution in [0.4, 0.5) is 0 Å². The van der Waals surface area contributed by atoms with Gasteiger partial charge in [-0.05, 0) is 17.2 Å². The molecule has 0 aliphatic heterocycles. The minimum atomic E-state index is 1.02. The second kappa shape index (κ2) is 7.50. The Morgan fingerprint density at radius 1 is 0.484 bits per heavy atom. The Bertz CT molecular complexity index is 1510. The highest BCUT2D eigenvalue weighted by Crippen LogP contribution is 2.48. The number of benzene rings is 4. The van der Waals surface area contributed by atoms with E-state index in [2.05, 4.69) is 109 Å². The van der Waals surface area contributed by atoms with Crippen molar-refractivity contribution in [1.82, 2.24) is 4.98 Å². The van der Waals surface area contributed by atoms with E-state index in [9.17, 15) is 0 Å². The van der Waals surface area contributed by atoms with Crippen LogP contribution in [-0.4, -0.2) is 4.98 Å². The van der Waals surface area contributed by atoms with Crippen molar-refractivity contribution in [3.8, 4) is 32.0 Å². The Balaban J connectivity index is 1.74. The molecule has 6 aromatic rings. The normalized spacial score (nSPS) is 11.2. The lowest BCUT2D eigenvalue weighted by Gasteiger charge is -2.12. The summed E-state index contributed by atoms with van der Waals surface area (Å²) < 4.78 is 0. The smallest absolute Gasteiger partial charge is 0.0708 e. The average Bonchev–Trinajstić information content (AvgIpc) is 3.24. The van der Waals surface area contributed by atoms with Gasteiger partial charge in [-0.2, -0.15) is 0 Å². The summed E-state index contributed by atoms with van der Waals surface area (Å²) >= 11 is 1.87. The van der Waals surface area contributed by atoms with Crippen molar-refractivity contribution in [3.05, 3.63) is 115 Å². The molecular formula is C29H19NS. The van der Waals surface area contributed by atoms with Crippen molar-refractivity contribution in [3.63, 3.8) is 0 Å². The fraction of sp³-hybridized carbons (Fsp3) is 0. The largest absolute Gasteiger partial charge is 0.256 e. The van der Waals surface area contributed by atoms with Crippen LogP contribution in [0.3, 0.4) is 0 Å². The minimum Gasteiger partial charge on any atom is -0.256 e. The van der Waals surface area contributed by atoms with E-state index in [4.69, 9.17) is 4.98 Å². The van der Waals surface area contributed by atoms with Crippen molar-refractivity contribution >= 4 is 33.0 Å². The average molecular weight is 414 g/mol. The highest BCUT2D eigenvalue weighted by atomic mass is 32.1. The first-order chi connectivity index (χ1) is 15.4. The molecule has 0 aliphatic rings. The van der Waals surface area contributed by atoms with Gasteiger partial charge in [0.25, 0.3) is 0 Å². The van der Waals surface area contributed by atoms with E-state index in [0.29, 0.717) is 0 Å². The third-order valence-corrected chi connectivity index (χ3v) is 7.03. The molecule has 0 unspecified atom stereocenters. The fourth-order valence-electron chi connectivity index (χ4n) is 4.30. The van der Waals surface area contributed by atoms with Crippen LogP contribution in [0.25, 0.3) is 53.7 Å². The number of thiophene rings is 1. The number of aromatic nitrogens is 1. The van der Waals surface area contributed by atoms with Gasteiger partial charge in [0.1, 0.15) is 0 Å². The summed E-state index contributed by atoms with van der Waals surface area (Å²) in [5, 5.41) is 3.78. The maximum Gasteiger partial charge on any atom is 0.0708 e. The van der Waals surface area contributed by atoms with Gasteiger partial charge in [-0.25, -0.2) is 0 Å². The van der Waals surface area contributed by atoms with Gasteiger partial charge in [0, 0.05) is 43.2 Å². The molecule has 6 rings (SSSR count). The molecule has 1 nitrogen and oxygen atoms in total. The first-order valence-electron chi connectivity index (χ1n) is 10.4. The predicted molar refractivity (Wildman–Crippen MR) is 133 cm³/mol. The van der Waals surface area contributed by atoms with E-state index < -0.39 is 0 Å². The molecule has 0 amide bonds. The number of para-hydroxylation sites is 1. The maximum atomic E-state index is 4.79. The quantitative estimate of drug-likeness (QED) is 0.283. The van der Waals surface area contributed by atoms with Gasteiger partial charge in [-0.15, -0.1) is 11.3 Å². The Kier molecular flexibility index (Phi) is 4.37. The van der Waals surface area contributed by atoms with Crippen LogP contribution in [0.15, 0.2) is 115 Å². The Hall–Kier alpha value is -3.75. The SMILES string of the molecule is c1ccc(-c2cnc3ccccc3c2-c2sc(-c3ccccc3)c3ccccc23)cc1. The zero-order valence-electron chi connectivity index (χ0n) is 16.8. The molecule has 0 saturated heterocycles. The summed E-state index contributed by atoms with van der Waals surface area (Å²) in [6.45, 7) is 0. The van der Waals surface area contributed by atoms with Crippen molar-refractivity contribution in [1.29, 1.82) is 0 Å². The third kappa shape index (κ3) is 3.04. The predicted octanol–water partition coefficient (Wildman–Crippen LogP) is 8.45. The minimum absolute atomic E-state index is 1.02. The molecule has 2 aromatic heterocycles. The van der Waals surface area contributed by atoms with Crippen LogP contribution < -0.4 is 0 Å². The van der Waals surface area contributed by atoms with Gasteiger partial charge >= 0.3 is 0 Å². The maximum absolute atomic E-state index is 4.79. The van der Waals surface area contributed by atoms with Gasteiger partial charge in [-0.1, -0.05) is 103 Å². The highest BCUT2D eigenvalue weighted by molar-refractivity contribution is 7.21. The van der Waals surface area contributed by atoms with Gasteiger partial charge in [0.05, 0.1) is 5.52 Å². The second-order valence-corrected chi connectivity index (χ2v) is 8.62. The molecule has 146 valence electrons. The Labute approximate surface area is 185 Å². The summed E-state index contributed by atoms with van der Waals surface area (Å²) in [5.41, 5.74) is 5.91. The van der Waals surface area contributed by atoms with Crippen LogP contribution in [0.1, 0.15) is 0 Å². The summed E-state index contributed by atoms with van der Waals surface area (Å²) in [6.07, 6.45) is 2.03. The fourth-order valence-corrected chi connectivity index (χ4v) is 5.66. The van der Waals surface area contributed by atoms with Crippen molar-refractivity contribution < 1.29 is 0 Å². The van der Waals surface area contributed by atoms with E-state index in [-0.39, 0.29) is 0 Å². The van der Waals surface area contributed by atoms with Crippen molar-refractivity contribution in [2.24, 2.45) is 0 Å². The lowest BCUT2D eigenvalue weighted by molar-refractivity contribution is 1.41. The second-order valence-electron chi connectivity index (χ2n) is 7.60. The Morgan fingerprint density at radius 3 is 1.74 bits per heavy atom. The molecule has 2 heterocycles. The number of pyridine rings is 1. The van der Waals surface area contributed by atoms with Crippen LogP contribution in [0, 0.1) is 0 Å². The van der Waals surface area contributed by atoms with Crippen LogP contribution in [-0.2, 0) is 0 Å². The highest BCUT2D eigenvalue weighted by Gasteiger charge is 2.19. The summed E-state index contributed by atoms with van der Waals surface area (Å²) in [6, 6.07) is 38.5. The van der Waals surface area contributed by atoms with E-state index in [1.165, 1.54) is 48.2 Å². The zero-order valence-corrected chi connectivity index (χ0v) is 17.6. The number of fused-ring (bicyclic) bond motifs is 2. The number of hydrogen-bond acceptors (Lipinski definition) is 2. The Morgan fingerprint density at radius 2 is 1.03 bits per heavy atom. The van der Waals surface area contributed by atoms with Crippen molar-refractivity contribution in [2.75, 3.05) is 0 Å². The van der Waals surface area contributed by atoms with Crippen molar-refractivity contribution in [2.45, 2.75) is 0 Å². The monoisotopic (exact) mass is 413 g/mol. The number of nitrogens with zero attached hydrogens (tertiary/aromatic N) is 1. The molecule has 0 radical (unpaired) electrons. The first kappa shape index (κ1) is 18.1. The molecule has 2 heteroatoms. The molecule has 0 aliphatic carbocycles. The molecular weight excluding hydrogens is 394 g/mol. The lowest BCUT2D eigenvalue weighted by atomic mass is 9.95. The van der Waals surface area contributed by atoms with E-state index in [1.54, 1.807) is 0 Å². The molecule has 0 spiro atoms. The topological polar surface area (TPSA) is 12.9 Å². The molecule has 31 heavy (non-hydrogen) atoms. The summed E-state index contributed by atoms with van der Waals surface area (Å²) in [5.74, 6) is 0. The molecule has 4 aromatic carbocycles. The van der Waals surface area contributed by atoms with Crippen LogP contribution >= 0.6 is 11.3 Å². The van der Waals surface area contributed by atoms with E-state index in [0.717, 1.165) is 5.52 Å². The van der Waals surface area contributed by atoms with Crippen LogP contribution in [0.2, 0.25) is 0 Å². The standard InChI is InChI=1S/C29H19NS/c1-3-11-20(12-4-1)25-19-30-26-18-10-9-17-24(26)27(25)29-23-16-8-7-15-22(23)28(31-29)21-13-5-2-6-14-21/h1-19H. The molecule has 0 saturated carbocycles. The summed E-state index contributed by atoms with van der Waals surface area (Å²) in [7, 11) is 0. The van der Waals surface area contributed by atoms with Gasteiger partial charge in [0.15, 0.2) is 0 Å². The number of rotatable bonds is 3. The van der Waals surface area contributed by atoms with Gasteiger partial charge in [-0.3, -0.25) is 4.98 Å². The third-order valence-electron chi connectivity index (χ3n) is 5.74. The van der Waals surface area contributed by atoms with Gasteiger partial charge in [0.2, 0.25) is 0 Å². The summed E-state index contributed by atoms with van der Waals surface area (Å²) in [4.78, 5) is 7.40. The first-order valence-corrected chi connectivity index (χ1v) is 11.2. The lowest BCUT2D eigenvalue weighted by Crippen LogP contribution is -1.89. The molecule has 0 N–H and O–H groups in total. The molecule has 0 atom stereocenters. The molecule has 0 bridgehead atoms. The van der Waals surface area contributed by atoms with E-state index in [1.807, 2.05) is 17.5 Å². The zero-order chi connectivity index (χ0) is 20.6. The van der Waals surface area contributed by atoms with Crippen LogP contribution in [0.5, 0.6) is 0 Å². The number of hydrogen-bond donors (Lipinski definition) is 0.